The van der Waals surface area contributed by atoms with E-state index in [2.05, 4.69) is 201 Å². The van der Waals surface area contributed by atoms with Gasteiger partial charge in [0, 0.05) is 33.0 Å². The lowest BCUT2D eigenvalue weighted by atomic mass is 9.81. The molecule has 1 aliphatic carbocycles. The van der Waals surface area contributed by atoms with Gasteiger partial charge in [-0.3, -0.25) is 0 Å². The number of fused-ring (bicyclic) bond motifs is 9. The van der Waals surface area contributed by atoms with Crippen molar-refractivity contribution in [2.75, 3.05) is 4.90 Å². The summed E-state index contributed by atoms with van der Waals surface area (Å²) in [6.07, 6.45) is 8.34. The number of nitrogens with zero attached hydrogens (tertiary/aromatic N) is 1. The predicted octanol–water partition coefficient (Wildman–Crippen LogP) is 14.8. The summed E-state index contributed by atoms with van der Waals surface area (Å²) in [5.41, 5.74) is 13.6. The molecule has 0 N–H and O–H groups in total. The van der Waals surface area contributed by atoms with Crippen molar-refractivity contribution in [2.24, 2.45) is 0 Å². The second-order valence-corrected chi connectivity index (χ2v) is 15.0. The molecule has 0 unspecified atom stereocenters. The lowest BCUT2D eigenvalue weighted by Gasteiger charge is -2.33. The first-order valence-corrected chi connectivity index (χ1v) is 19.0. The SMILES string of the molecule is C=C/C=C\C(=C\c1ccc2oc3c4ccccc4ccc3c2c1)N(c1ccc(-c2cccc3ccccc23)cc1)c1cccc2c1C(C)(C)c1ccccc1-2. The second-order valence-electron chi connectivity index (χ2n) is 15.0. The van der Waals surface area contributed by atoms with Crippen LogP contribution in [0.4, 0.5) is 11.4 Å². The van der Waals surface area contributed by atoms with Crippen LogP contribution in [0, 0.1) is 0 Å². The van der Waals surface area contributed by atoms with Crippen LogP contribution in [0.3, 0.4) is 0 Å². The molecule has 55 heavy (non-hydrogen) atoms. The van der Waals surface area contributed by atoms with Crippen molar-refractivity contribution < 1.29 is 4.42 Å². The van der Waals surface area contributed by atoms with Gasteiger partial charge >= 0.3 is 0 Å². The highest BCUT2D eigenvalue weighted by molar-refractivity contribution is 6.15. The minimum atomic E-state index is -0.214. The van der Waals surface area contributed by atoms with Crippen LogP contribution in [0.25, 0.3) is 71.8 Å². The maximum atomic E-state index is 6.50. The molecule has 1 aliphatic rings. The van der Waals surface area contributed by atoms with E-state index >= 15 is 0 Å². The van der Waals surface area contributed by atoms with Gasteiger partial charge in [0.1, 0.15) is 11.2 Å². The topological polar surface area (TPSA) is 16.4 Å². The molecule has 0 spiro atoms. The van der Waals surface area contributed by atoms with Crippen LogP contribution in [0.5, 0.6) is 0 Å². The van der Waals surface area contributed by atoms with Crippen LogP contribution in [-0.2, 0) is 5.41 Å². The molecule has 262 valence electrons. The molecule has 2 nitrogen and oxygen atoms in total. The van der Waals surface area contributed by atoms with E-state index < -0.39 is 0 Å². The van der Waals surface area contributed by atoms with E-state index in [0.29, 0.717) is 0 Å². The second kappa shape index (κ2) is 12.9. The Morgan fingerprint density at radius 2 is 1.29 bits per heavy atom. The van der Waals surface area contributed by atoms with Crippen LogP contribution in [0.2, 0.25) is 0 Å². The number of furan rings is 1. The molecule has 10 rings (SSSR count). The maximum absolute atomic E-state index is 6.50. The molecule has 1 aromatic heterocycles. The van der Waals surface area contributed by atoms with Gasteiger partial charge in [-0.2, -0.15) is 0 Å². The molecule has 0 bridgehead atoms. The molecule has 2 heteroatoms. The summed E-state index contributed by atoms with van der Waals surface area (Å²) in [7, 11) is 0. The third-order valence-electron chi connectivity index (χ3n) is 11.4. The van der Waals surface area contributed by atoms with Crippen molar-refractivity contribution in [1.82, 2.24) is 0 Å². The highest BCUT2D eigenvalue weighted by Gasteiger charge is 2.38. The van der Waals surface area contributed by atoms with E-state index in [9.17, 15) is 0 Å². The van der Waals surface area contributed by atoms with Gasteiger partial charge in [-0.05, 0) is 104 Å². The van der Waals surface area contributed by atoms with Gasteiger partial charge in [0.25, 0.3) is 0 Å². The third-order valence-corrected chi connectivity index (χ3v) is 11.4. The molecular formula is C53H39NO. The molecule has 0 amide bonds. The summed E-state index contributed by atoms with van der Waals surface area (Å²) in [6.45, 7) is 8.78. The van der Waals surface area contributed by atoms with Crippen LogP contribution < -0.4 is 4.90 Å². The van der Waals surface area contributed by atoms with E-state index in [4.69, 9.17) is 4.42 Å². The predicted molar refractivity (Wildman–Crippen MR) is 234 cm³/mol. The summed E-state index contributed by atoms with van der Waals surface area (Å²) in [5, 5.41) is 7.01. The van der Waals surface area contributed by atoms with Gasteiger partial charge in [-0.1, -0.05) is 160 Å². The lowest BCUT2D eigenvalue weighted by Crippen LogP contribution is -2.22. The Morgan fingerprint density at radius 3 is 2.13 bits per heavy atom. The summed E-state index contributed by atoms with van der Waals surface area (Å²) >= 11 is 0. The highest BCUT2D eigenvalue weighted by Crippen LogP contribution is 2.53. The average Bonchev–Trinajstić information content (AvgIpc) is 3.72. The van der Waals surface area contributed by atoms with Gasteiger partial charge in [-0.25, -0.2) is 0 Å². The van der Waals surface area contributed by atoms with E-state index in [1.807, 2.05) is 12.2 Å². The van der Waals surface area contributed by atoms with Gasteiger partial charge in [0.15, 0.2) is 0 Å². The minimum absolute atomic E-state index is 0.214. The molecule has 0 atom stereocenters. The van der Waals surface area contributed by atoms with Gasteiger partial charge in [0.2, 0.25) is 0 Å². The Labute approximate surface area is 321 Å². The highest BCUT2D eigenvalue weighted by atomic mass is 16.3. The van der Waals surface area contributed by atoms with Crippen molar-refractivity contribution in [3.8, 4) is 22.3 Å². The van der Waals surface area contributed by atoms with Gasteiger partial charge < -0.3 is 9.32 Å². The van der Waals surface area contributed by atoms with Crippen LogP contribution in [0.1, 0.15) is 30.5 Å². The third kappa shape index (κ3) is 5.33. The average molecular weight is 706 g/mol. The number of anilines is 2. The number of benzene rings is 8. The minimum Gasteiger partial charge on any atom is -0.455 e. The van der Waals surface area contributed by atoms with Crippen LogP contribution in [0.15, 0.2) is 199 Å². The molecule has 0 saturated carbocycles. The summed E-state index contributed by atoms with van der Waals surface area (Å²) in [4.78, 5) is 2.42. The summed E-state index contributed by atoms with van der Waals surface area (Å²) in [6, 6.07) is 59.1. The molecule has 1 heterocycles. The fourth-order valence-electron chi connectivity index (χ4n) is 8.84. The Kier molecular flexibility index (Phi) is 7.67. The summed E-state index contributed by atoms with van der Waals surface area (Å²) < 4.78 is 6.50. The Bertz CT molecular complexity index is 3020. The van der Waals surface area contributed by atoms with E-state index in [0.717, 1.165) is 50.0 Å². The largest absolute Gasteiger partial charge is 0.455 e. The van der Waals surface area contributed by atoms with E-state index in [1.54, 1.807) is 0 Å². The maximum Gasteiger partial charge on any atom is 0.143 e. The van der Waals surface area contributed by atoms with Crippen molar-refractivity contribution in [3.63, 3.8) is 0 Å². The first-order valence-electron chi connectivity index (χ1n) is 19.0. The fourth-order valence-corrected chi connectivity index (χ4v) is 8.84. The number of allylic oxidation sites excluding steroid dienone is 3. The lowest BCUT2D eigenvalue weighted by molar-refractivity contribution is 0.660. The Morgan fingerprint density at radius 1 is 0.600 bits per heavy atom. The smallest absolute Gasteiger partial charge is 0.143 e. The van der Waals surface area contributed by atoms with E-state index in [1.165, 1.54) is 49.5 Å². The molecule has 0 radical (unpaired) electrons. The molecule has 9 aromatic rings. The zero-order valence-corrected chi connectivity index (χ0v) is 31.0. The van der Waals surface area contributed by atoms with Gasteiger partial charge in [0.05, 0.1) is 5.69 Å². The molecule has 0 fully saturated rings. The normalized spacial score (nSPS) is 13.5. The van der Waals surface area contributed by atoms with E-state index in [-0.39, 0.29) is 5.41 Å². The molecule has 0 aliphatic heterocycles. The fraction of sp³-hybridized carbons (Fsp3) is 0.0566. The molecule has 0 saturated heterocycles. The van der Waals surface area contributed by atoms with Crippen molar-refractivity contribution in [3.05, 3.63) is 211 Å². The Balaban J connectivity index is 1.18. The Hall–Kier alpha value is -6.90. The van der Waals surface area contributed by atoms with Crippen molar-refractivity contribution in [1.29, 1.82) is 0 Å². The zero-order valence-electron chi connectivity index (χ0n) is 31.0. The quantitative estimate of drug-likeness (QED) is 0.154. The van der Waals surface area contributed by atoms with Crippen LogP contribution in [-0.4, -0.2) is 0 Å². The number of rotatable bonds is 7. The first kappa shape index (κ1) is 32.7. The zero-order chi connectivity index (χ0) is 37.1. The summed E-state index contributed by atoms with van der Waals surface area (Å²) in [5.74, 6) is 0. The number of hydrogen-bond donors (Lipinski definition) is 0. The standard InChI is InChI=1S/C53H39NO/c1-4-5-17-40(33-35-25-32-50-47(34-35)46-31-28-37-15-7-9-19-43(37)52(46)55-50)54(49-24-13-22-45-44-20-10-11-23-48(44)53(2,3)51(45)49)39-29-26-38(27-30-39)42-21-12-16-36-14-6-8-18-41(36)42/h4-34H,1H2,2-3H3/b17-5-,40-33-. The van der Waals surface area contributed by atoms with Crippen LogP contribution >= 0.6 is 0 Å². The monoisotopic (exact) mass is 705 g/mol. The molecular weight excluding hydrogens is 667 g/mol. The van der Waals surface area contributed by atoms with Crippen molar-refractivity contribution >= 4 is 60.9 Å². The number of hydrogen-bond acceptors (Lipinski definition) is 2. The van der Waals surface area contributed by atoms with Gasteiger partial charge in [-0.15, -0.1) is 0 Å². The molecule has 8 aromatic carbocycles. The van der Waals surface area contributed by atoms with Crippen molar-refractivity contribution in [2.45, 2.75) is 19.3 Å². The first-order chi connectivity index (χ1) is 27.0.